The summed E-state index contributed by atoms with van der Waals surface area (Å²) < 4.78 is 11.2. The fourth-order valence-electron chi connectivity index (χ4n) is 1.08. The number of aryl methyl sites for hydroxylation is 1. The molecule has 0 radical (unpaired) electrons. The minimum atomic E-state index is -0.139. The summed E-state index contributed by atoms with van der Waals surface area (Å²) in [6, 6.07) is 0. The average molecular weight is 184 g/mol. The molecule has 13 heavy (non-hydrogen) atoms. The van der Waals surface area contributed by atoms with Crippen molar-refractivity contribution in [1.82, 2.24) is 9.78 Å². The molecule has 0 unspecified atom stereocenters. The van der Waals surface area contributed by atoms with E-state index in [1.54, 1.807) is 7.05 Å². The zero-order chi connectivity index (χ0) is 9.84. The third kappa shape index (κ3) is 1.86. The van der Waals surface area contributed by atoms with Crippen LogP contribution in [0, 0.1) is 0 Å². The maximum absolute atomic E-state index is 11.4. The summed E-state index contributed by atoms with van der Waals surface area (Å²) in [5.41, 5.74) is 0.435. The molecule has 5 nitrogen and oxygen atoms in total. The van der Waals surface area contributed by atoms with Crippen LogP contribution in [-0.2, 0) is 11.8 Å². The van der Waals surface area contributed by atoms with Crippen molar-refractivity contribution < 1.29 is 14.3 Å². The molecule has 0 saturated heterocycles. The fraction of sp³-hybridized carbons (Fsp3) is 0.500. The number of carbonyl (C=O) groups is 1. The molecule has 1 rings (SSSR count). The van der Waals surface area contributed by atoms with Crippen LogP contribution >= 0.6 is 0 Å². The van der Waals surface area contributed by atoms with Crippen LogP contribution in [0.15, 0.2) is 6.20 Å². The quantitative estimate of drug-likeness (QED) is 0.630. The molecule has 5 heteroatoms. The van der Waals surface area contributed by atoms with Crippen molar-refractivity contribution in [1.29, 1.82) is 0 Å². The lowest BCUT2D eigenvalue weighted by Crippen LogP contribution is -2.13. The van der Waals surface area contributed by atoms with Gasteiger partial charge in [-0.25, -0.2) is 0 Å². The van der Waals surface area contributed by atoms with Gasteiger partial charge in [0.15, 0.2) is 5.75 Å². The third-order valence-electron chi connectivity index (χ3n) is 1.66. The van der Waals surface area contributed by atoms with E-state index in [1.807, 2.05) is 0 Å². The van der Waals surface area contributed by atoms with Gasteiger partial charge in [0.05, 0.1) is 13.3 Å². The molecule has 0 N–H and O–H groups in total. The van der Waals surface area contributed by atoms with E-state index in [-0.39, 0.29) is 12.4 Å². The van der Waals surface area contributed by atoms with E-state index in [4.69, 9.17) is 9.47 Å². The summed E-state index contributed by atoms with van der Waals surface area (Å²) in [6.07, 6.45) is 1.50. The Kier molecular flexibility index (Phi) is 3.02. The topological polar surface area (TPSA) is 53.4 Å². The number of ether oxygens (including phenoxy) is 2. The molecule has 0 aliphatic rings. The van der Waals surface area contributed by atoms with Crippen molar-refractivity contribution in [3.63, 3.8) is 0 Å². The molecule has 0 saturated carbocycles. The van der Waals surface area contributed by atoms with E-state index >= 15 is 0 Å². The summed E-state index contributed by atoms with van der Waals surface area (Å²) in [4.78, 5) is 11.4. The Morgan fingerprint density at radius 3 is 2.85 bits per heavy atom. The SMILES string of the molecule is COCC(=O)c1c(OC)cnn1C. The Bertz CT molecular complexity index is 306. The van der Waals surface area contributed by atoms with E-state index in [1.165, 1.54) is 25.1 Å². The standard InChI is InChI=1S/C8H12N2O3/c1-10-8(6(11)5-12-2)7(13-3)4-9-10/h4H,5H2,1-3H3. The normalized spacial score (nSPS) is 10.1. The van der Waals surface area contributed by atoms with E-state index in [2.05, 4.69) is 5.10 Å². The first-order valence-electron chi connectivity index (χ1n) is 3.78. The van der Waals surface area contributed by atoms with Gasteiger partial charge in [0, 0.05) is 14.2 Å². The molecule has 1 aromatic heterocycles. The number of nitrogens with zero attached hydrogens (tertiary/aromatic N) is 2. The van der Waals surface area contributed by atoms with Gasteiger partial charge >= 0.3 is 0 Å². The van der Waals surface area contributed by atoms with Gasteiger partial charge in [-0.15, -0.1) is 0 Å². The van der Waals surface area contributed by atoms with Crippen molar-refractivity contribution in [3.8, 4) is 5.75 Å². The molecule has 0 aromatic carbocycles. The lowest BCUT2D eigenvalue weighted by Gasteiger charge is -2.02. The van der Waals surface area contributed by atoms with Crippen molar-refractivity contribution in [3.05, 3.63) is 11.9 Å². The maximum Gasteiger partial charge on any atom is 0.210 e. The molecule has 72 valence electrons. The summed E-state index contributed by atoms with van der Waals surface area (Å²) in [5, 5.41) is 3.91. The molecular formula is C8H12N2O3. The van der Waals surface area contributed by atoms with Crippen LogP contribution in [0.5, 0.6) is 5.75 Å². The highest BCUT2D eigenvalue weighted by molar-refractivity contribution is 5.97. The van der Waals surface area contributed by atoms with Gasteiger partial charge in [-0.2, -0.15) is 5.10 Å². The summed E-state index contributed by atoms with van der Waals surface area (Å²) in [5.74, 6) is 0.337. The van der Waals surface area contributed by atoms with E-state index in [9.17, 15) is 4.79 Å². The van der Waals surface area contributed by atoms with Crippen LogP contribution in [0.2, 0.25) is 0 Å². The average Bonchev–Trinajstić information content (AvgIpc) is 2.47. The minimum absolute atomic E-state index is 0.0376. The largest absolute Gasteiger partial charge is 0.493 e. The van der Waals surface area contributed by atoms with E-state index < -0.39 is 0 Å². The van der Waals surface area contributed by atoms with Crippen molar-refractivity contribution >= 4 is 5.78 Å². The summed E-state index contributed by atoms with van der Waals surface area (Å²) >= 11 is 0. The van der Waals surface area contributed by atoms with Crippen molar-refractivity contribution in [2.75, 3.05) is 20.8 Å². The highest BCUT2D eigenvalue weighted by Gasteiger charge is 2.16. The molecular weight excluding hydrogens is 172 g/mol. The summed E-state index contributed by atoms with van der Waals surface area (Å²) in [6.45, 7) is 0.0376. The first-order chi connectivity index (χ1) is 6.20. The molecule has 1 aromatic rings. The Morgan fingerprint density at radius 2 is 2.31 bits per heavy atom. The first kappa shape index (κ1) is 9.73. The molecule has 0 amide bonds. The lowest BCUT2D eigenvalue weighted by molar-refractivity contribution is 0.0835. The predicted molar refractivity (Wildman–Crippen MR) is 46.0 cm³/mol. The van der Waals surface area contributed by atoms with Crippen molar-refractivity contribution in [2.24, 2.45) is 7.05 Å². The maximum atomic E-state index is 11.4. The Labute approximate surface area is 76.3 Å². The first-order valence-corrected chi connectivity index (χ1v) is 3.78. The number of methoxy groups -OCH3 is 2. The molecule has 1 heterocycles. The molecule has 0 fully saturated rings. The smallest absolute Gasteiger partial charge is 0.210 e. The fourth-order valence-corrected chi connectivity index (χ4v) is 1.08. The zero-order valence-corrected chi connectivity index (χ0v) is 7.90. The Balaban J connectivity index is 2.96. The van der Waals surface area contributed by atoms with Crippen molar-refractivity contribution in [2.45, 2.75) is 0 Å². The molecule has 0 bridgehead atoms. The third-order valence-corrected chi connectivity index (χ3v) is 1.66. The van der Waals surface area contributed by atoms with Crippen LogP contribution in [0.3, 0.4) is 0 Å². The van der Waals surface area contributed by atoms with E-state index in [0.717, 1.165) is 0 Å². The second kappa shape index (κ2) is 4.04. The number of ketones is 1. The van der Waals surface area contributed by atoms with Gasteiger partial charge in [-0.3, -0.25) is 9.48 Å². The summed E-state index contributed by atoms with van der Waals surface area (Å²) in [7, 11) is 4.66. The van der Waals surface area contributed by atoms with Gasteiger partial charge in [0.1, 0.15) is 12.3 Å². The number of hydrogen-bond donors (Lipinski definition) is 0. The number of aromatic nitrogens is 2. The van der Waals surface area contributed by atoms with Crippen LogP contribution < -0.4 is 4.74 Å². The van der Waals surface area contributed by atoms with Crippen LogP contribution in [0.4, 0.5) is 0 Å². The lowest BCUT2D eigenvalue weighted by atomic mass is 10.3. The number of hydrogen-bond acceptors (Lipinski definition) is 4. The zero-order valence-electron chi connectivity index (χ0n) is 7.90. The van der Waals surface area contributed by atoms with Gasteiger partial charge in [0.25, 0.3) is 0 Å². The van der Waals surface area contributed by atoms with Gasteiger partial charge in [-0.1, -0.05) is 0 Å². The number of rotatable bonds is 4. The highest BCUT2D eigenvalue weighted by Crippen LogP contribution is 2.16. The van der Waals surface area contributed by atoms with Crippen LogP contribution in [-0.4, -0.2) is 36.4 Å². The highest BCUT2D eigenvalue weighted by atomic mass is 16.5. The van der Waals surface area contributed by atoms with Gasteiger partial charge < -0.3 is 9.47 Å². The van der Waals surface area contributed by atoms with Gasteiger partial charge in [0.2, 0.25) is 5.78 Å². The minimum Gasteiger partial charge on any atom is -0.493 e. The molecule has 0 aliphatic heterocycles. The monoisotopic (exact) mass is 184 g/mol. The molecule has 0 aliphatic carbocycles. The van der Waals surface area contributed by atoms with E-state index in [0.29, 0.717) is 11.4 Å². The second-order valence-corrected chi connectivity index (χ2v) is 2.54. The van der Waals surface area contributed by atoms with Gasteiger partial charge in [-0.05, 0) is 0 Å². The Hall–Kier alpha value is -1.36. The molecule has 0 spiro atoms. The predicted octanol–water partition coefficient (Wildman–Crippen LogP) is 0.258. The molecule has 0 atom stereocenters. The number of Topliss-reactive ketones (excluding diaryl/α,β-unsaturated/α-hetero) is 1. The number of carbonyl (C=O) groups excluding carboxylic acids is 1. The van der Waals surface area contributed by atoms with Crippen LogP contribution in [0.1, 0.15) is 10.5 Å². The second-order valence-electron chi connectivity index (χ2n) is 2.54. The Morgan fingerprint density at radius 1 is 1.62 bits per heavy atom. The van der Waals surface area contributed by atoms with Crippen LogP contribution in [0.25, 0.3) is 0 Å².